The fraction of sp³-hybridized carbons (Fsp3) is 0.440. The SMILES string of the molecule is CC(C)OCCCNC(=O)Cc1ccc(NC(=O)N2CCCCc3ccccc32)cc1. The van der Waals surface area contributed by atoms with Crippen LogP contribution in [-0.4, -0.2) is 37.7 Å². The van der Waals surface area contributed by atoms with Crippen LogP contribution in [0.5, 0.6) is 0 Å². The number of carbonyl (C=O) groups excluding carboxylic acids is 2. The van der Waals surface area contributed by atoms with Crippen molar-refractivity contribution >= 4 is 23.3 Å². The van der Waals surface area contributed by atoms with Crippen LogP contribution in [0.4, 0.5) is 16.2 Å². The van der Waals surface area contributed by atoms with Gasteiger partial charge in [-0.2, -0.15) is 0 Å². The lowest BCUT2D eigenvalue weighted by molar-refractivity contribution is -0.120. The van der Waals surface area contributed by atoms with Crippen LogP contribution in [0.15, 0.2) is 48.5 Å². The largest absolute Gasteiger partial charge is 0.379 e. The van der Waals surface area contributed by atoms with E-state index in [4.69, 9.17) is 4.74 Å². The molecule has 6 heteroatoms. The maximum Gasteiger partial charge on any atom is 0.326 e. The number of amides is 3. The third-order valence-corrected chi connectivity index (χ3v) is 5.27. The van der Waals surface area contributed by atoms with Crippen LogP contribution >= 0.6 is 0 Å². The Labute approximate surface area is 185 Å². The Balaban J connectivity index is 1.49. The Kier molecular flexibility index (Phi) is 8.47. The summed E-state index contributed by atoms with van der Waals surface area (Å²) in [4.78, 5) is 26.8. The molecule has 31 heavy (non-hydrogen) atoms. The summed E-state index contributed by atoms with van der Waals surface area (Å²) in [7, 11) is 0. The number of benzene rings is 2. The van der Waals surface area contributed by atoms with Gasteiger partial charge in [0.05, 0.1) is 12.5 Å². The van der Waals surface area contributed by atoms with Crippen molar-refractivity contribution in [2.75, 3.05) is 29.9 Å². The van der Waals surface area contributed by atoms with Gasteiger partial charge in [-0.3, -0.25) is 9.69 Å². The molecule has 2 aromatic carbocycles. The number of ether oxygens (including phenoxy) is 1. The molecule has 166 valence electrons. The Bertz CT molecular complexity index is 865. The molecule has 0 unspecified atom stereocenters. The third kappa shape index (κ3) is 7.10. The van der Waals surface area contributed by atoms with Crippen molar-refractivity contribution in [1.29, 1.82) is 0 Å². The molecule has 0 spiro atoms. The van der Waals surface area contributed by atoms with E-state index in [0.717, 1.165) is 42.6 Å². The van der Waals surface area contributed by atoms with E-state index in [1.165, 1.54) is 5.56 Å². The second-order valence-electron chi connectivity index (χ2n) is 8.16. The lowest BCUT2D eigenvalue weighted by Crippen LogP contribution is -2.35. The first-order chi connectivity index (χ1) is 15.0. The molecular weight excluding hydrogens is 390 g/mol. The van der Waals surface area contributed by atoms with E-state index in [0.29, 0.717) is 26.1 Å². The molecule has 0 atom stereocenters. The van der Waals surface area contributed by atoms with Gasteiger partial charge in [0.15, 0.2) is 0 Å². The topological polar surface area (TPSA) is 70.7 Å². The molecule has 3 rings (SSSR count). The number of fused-ring (bicyclic) bond motifs is 1. The minimum absolute atomic E-state index is 0.0116. The maximum absolute atomic E-state index is 12.9. The van der Waals surface area contributed by atoms with Crippen LogP contribution in [-0.2, 0) is 22.4 Å². The van der Waals surface area contributed by atoms with Crippen LogP contribution < -0.4 is 15.5 Å². The maximum atomic E-state index is 12.9. The molecular formula is C25H33N3O3. The molecule has 0 aromatic heterocycles. The zero-order valence-electron chi connectivity index (χ0n) is 18.5. The highest BCUT2D eigenvalue weighted by Gasteiger charge is 2.20. The van der Waals surface area contributed by atoms with Gasteiger partial charge in [0.1, 0.15) is 0 Å². The highest BCUT2D eigenvalue weighted by molar-refractivity contribution is 6.02. The Morgan fingerprint density at radius 1 is 1.06 bits per heavy atom. The van der Waals surface area contributed by atoms with Crippen molar-refractivity contribution in [3.63, 3.8) is 0 Å². The number of aryl methyl sites for hydroxylation is 1. The summed E-state index contributed by atoms with van der Waals surface area (Å²) in [5.74, 6) is -0.0116. The Hall–Kier alpha value is -2.86. The molecule has 1 aliphatic heterocycles. The average molecular weight is 424 g/mol. The normalized spacial score (nSPS) is 13.5. The second-order valence-corrected chi connectivity index (χ2v) is 8.16. The first-order valence-electron chi connectivity index (χ1n) is 11.2. The van der Waals surface area contributed by atoms with E-state index in [1.807, 2.05) is 61.2 Å². The summed E-state index contributed by atoms with van der Waals surface area (Å²) in [6.07, 6.45) is 4.40. The summed E-state index contributed by atoms with van der Waals surface area (Å²) in [5.41, 5.74) is 3.84. The number of carbonyl (C=O) groups is 2. The lowest BCUT2D eigenvalue weighted by Gasteiger charge is -2.23. The quantitative estimate of drug-likeness (QED) is 0.613. The number of urea groups is 1. The van der Waals surface area contributed by atoms with Gasteiger partial charge >= 0.3 is 6.03 Å². The van der Waals surface area contributed by atoms with Gasteiger partial charge in [-0.1, -0.05) is 30.3 Å². The fourth-order valence-electron chi connectivity index (χ4n) is 3.67. The highest BCUT2D eigenvalue weighted by atomic mass is 16.5. The van der Waals surface area contributed by atoms with E-state index in [9.17, 15) is 9.59 Å². The van der Waals surface area contributed by atoms with Gasteiger partial charge in [-0.05, 0) is 68.9 Å². The highest BCUT2D eigenvalue weighted by Crippen LogP contribution is 2.26. The molecule has 0 bridgehead atoms. The fourth-order valence-corrected chi connectivity index (χ4v) is 3.67. The van der Waals surface area contributed by atoms with Crippen molar-refractivity contribution in [3.8, 4) is 0 Å². The van der Waals surface area contributed by atoms with Crippen molar-refractivity contribution in [2.24, 2.45) is 0 Å². The number of para-hydroxylation sites is 1. The monoisotopic (exact) mass is 423 g/mol. The number of nitrogens with zero attached hydrogens (tertiary/aromatic N) is 1. The molecule has 2 N–H and O–H groups in total. The third-order valence-electron chi connectivity index (χ3n) is 5.27. The van der Waals surface area contributed by atoms with Gasteiger partial charge < -0.3 is 15.4 Å². The molecule has 0 radical (unpaired) electrons. The minimum Gasteiger partial charge on any atom is -0.379 e. The molecule has 2 aromatic rings. The Morgan fingerprint density at radius 2 is 1.84 bits per heavy atom. The molecule has 1 heterocycles. The van der Waals surface area contributed by atoms with Crippen LogP contribution in [0.2, 0.25) is 0 Å². The van der Waals surface area contributed by atoms with E-state index in [-0.39, 0.29) is 18.0 Å². The number of rotatable bonds is 8. The number of hydrogen-bond acceptors (Lipinski definition) is 3. The standard InChI is InChI=1S/C25H33N3O3/c1-19(2)31-17-7-15-26-24(29)18-20-11-13-22(14-12-20)27-25(30)28-16-6-5-9-21-8-3-4-10-23(21)28/h3-4,8,10-14,19H,5-7,9,15-18H2,1-2H3,(H,26,29)(H,27,30). The van der Waals surface area contributed by atoms with Crippen LogP contribution in [0, 0.1) is 0 Å². The van der Waals surface area contributed by atoms with Gasteiger partial charge in [-0.25, -0.2) is 4.79 Å². The molecule has 0 saturated heterocycles. The summed E-state index contributed by atoms with van der Waals surface area (Å²) in [6, 6.07) is 15.4. The average Bonchev–Trinajstić information content (AvgIpc) is 2.97. The van der Waals surface area contributed by atoms with Gasteiger partial charge in [0.25, 0.3) is 0 Å². The smallest absolute Gasteiger partial charge is 0.326 e. The molecule has 1 aliphatic rings. The zero-order valence-corrected chi connectivity index (χ0v) is 18.5. The first kappa shape index (κ1) is 22.8. The van der Waals surface area contributed by atoms with Gasteiger partial charge in [-0.15, -0.1) is 0 Å². The second kappa shape index (κ2) is 11.5. The van der Waals surface area contributed by atoms with Crippen LogP contribution in [0.1, 0.15) is 44.2 Å². The summed E-state index contributed by atoms with van der Waals surface area (Å²) < 4.78 is 5.47. The molecule has 0 saturated carbocycles. The number of hydrogen-bond donors (Lipinski definition) is 2. The van der Waals surface area contributed by atoms with Crippen molar-refractivity contribution in [1.82, 2.24) is 5.32 Å². The molecule has 3 amide bonds. The first-order valence-corrected chi connectivity index (χ1v) is 11.2. The number of anilines is 2. The molecule has 0 fully saturated rings. The van der Waals surface area contributed by atoms with Crippen LogP contribution in [0.3, 0.4) is 0 Å². The van der Waals surface area contributed by atoms with E-state index in [1.54, 1.807) is 0 Å². The van der Waals surface area contributed by atoms with E-state index in [2.05, 4.69) is 16.7 Å². The summed E-state index contributed by atoms with van der Waals surface area (Å²) in [6.45, 7) is 5.96. The van der Waals surface area contributed by atoms with Crippen molar-refractivity contribution in [2.45, 2.75) is 52.1 Å². The zero-order chi connectivity index (χ0) is 22.1. The number of nitrogens with one attached hydrogen (secondary N) is 2. The van der Waals surface area contributed by atoms with E-state index < -0.39 is 0 Å². The predicted molar refractivity (Wildman–Crippen MR) is 125 cm³/mol. The van der Waals surface area contributed by atoms with Gasteiger partial charge in [0.2, 0.25) is 5.91 Å². The van der Waals surface area contributed by atoms with Crippen LogP contribution in [0.25, 0.3) is 0 Å². The van der Waals surface area contributed by atoms with E-state index >= 15 is 0 Å². The summed E-state index contributed by atoms with van der Waals surface area (Å²) >= 11 is 0. The Morgan fingerprint density at radius 3 is 2.61 bits per heavy atom. The van der Waals surface area contributed by atoms with Gasteiger partial charge in [0, 0.05) is 31.1 Å². The van der Waals surface area contributed by atoms with Crippen molar-refractivity contribution < 1.29 is 14.3 Å². The predicted octanol–water partition coefficient (Wildman–Crippen LogP) is 4.54. The summed E-state index contributed by atoms with van der Waals surface area (Å²) in [5, 5.41) is 5.91. The minimum atomic E-state index is -0.122. The molecule has 6 nitrogen and oxygen atoms in total. The van der Waals surface area contributed by atoms with Crippen molar-refractivity contribution in [3.05, 3.63) is 59.7 Å². The lowest BCUT2D eigenvalue weighted by atomic mass is 10.1. The molecule has 0 aliphatic carbocycles.